The van der Waals surface area contributed by atoms with E-state index in [-0.39, 0.29) is 5.75 Å². The highest BCUT2D eigenvalue weighted by Gasteiger charge is 2.11. The number of hydrogen-bond donors (Lipinski definition) is 1. The minimum atomic E-state index is 0.228. The predicted octanol–water partition coefficient (Wildman–Crippen LogP) is 3.25. The van der Waals surface area contributed by atoms with E-state index in [9.17, 15) is 5.11 Å². The Hall–Kier alpha value is -1.11. The van der Waals surface area contributed by atoms with Gasteiger partial charge in [-0.15, -0.1) is 0 Å². The largest absolute Gasteiger partial charge is 0.507 e. The van der Waals surface area contributed by atoms with Gasteiger partial charge in [0, 0.05) is 12.0 Å². The molecule has 0 aliphatic carbocycles. The summed E-state index contributed by atoms with van der Waals surface area (Å²) >= 11 is 2.06. The van der Waals surface area contributed by atoms with Gasteiger partial charge in [0.15, 0.2) is 5.82 Å². The molecule has 0 aliphatic heterocycles. The smallest absolute Gasteiger partial charge is 0.258 e. The number of aromatic hydroxyl groups is 1. The van der Waals surface area contributed by atoms with Crippen molar-refractivity contribution >= 4 is 22.6 Å². The SMILES string of the molecule is CC(C)Cc1noc(-c2ccc(I)c(O)c2)n1. The average molecular weight is 344 g/mol. The van der Waals surface area contributed by atoms with Gasteiger partial charge in [-0.3, -0.25) is 0 Å². The van der Waals surface area contributed by atoms with Crippen molar-refractivity contribution in [2.75, 3.05) is 0 Å². The van der Waals surface area contributed by atoms with E-state index in [1.54, 1.807) is 6.07 Å². The van der Waals surface area contributed by atoms with Crippen LogP contribution in [0.1, 0.15) is 19.7 Å². The molecular weight excluding hydrogens is 331 g/mol. The van der Waals surface area contributed by atoms with Crippen LogP contribution < -0.4 is 0 Å². The minimum Gasteiger partial charge on any atom is -0.507 e. The molecule has 0 saturated carbocycles. The molecule has 17 heavy (non-hydrogen) atoms. The highest BCUT2D eigenvalue weighted by molar-refractivity contribution is 14.1. The predicted molar refractivity (Wildman–Crippen MR) is 72.7 cm³/mol. The van der Waals surface area contributed by atoms with E-state index in [0.717, 1.165) is 15.6 Å². The molecule has 1 aromatic carbocycles. The summed E-state index contributed by atoms with van der Waals surface area (Å²) in [4.78, 5) is 4.30. The summed E-state index contributed by atoms with van der Waals surface area (Å²) in [6.07, 6.45) is 0.792. The first-order valence-corrected chi connectivity index (χ1v) is 6.45. The van der Waals surface area contributed by atoms with Crippen LogP contribution in [0.25, 0.3) is 11.5 Å². The van der Waals surface area contributed by atoms with E-state index >= 15 is 0 Å². The van der Waals surface area contributed by atoms with Gasteiger partial charge < -0.3 is 9.63 Å². The number of nitrogens with zero attached hydrogens (tertiary/aromatic N) is 2. The van der Waals surface area contributed by atoms with E-state index in [1.807, 2.05) is 12.1 Å². The number of benzene rings is 1. The second-order valence-corrected chi connectivity index (χ2v) is 5.44. The molecule has 90 valence electrons. The fourth-order valence-corrected chi connectivity index (χ4v) is 1.80. The molecule has 0 unspecified atom stereocenters. The summed E-state index contributed by atoms with van der Waals surface area (Å²) in [6, 6.07) is 5.31. The van der Waals surface area contributed by atoms with Crippen LogP contribution in [0.15, 0.2) is 22.7 Å². The third kappa shape index (κ3) is 2.96. The van der Waals surface area contributed by atoms with Crippen molar-refractivity contribution in [2.24, 2.45) is 5.92 Å². The second kappa shape index (κ2) is 5.03. The van der Waals surface area contributed by atoms with Crippen LogP contribution in [-0.2, 0) is 6.42 Å². The van der Waals surface area contributed by atoms with Crippen LogP contribution in [-0.4, -0.2) is 15.2 Å². The van der Waals surface area contributed by atoms with Gasteiger partial charge in [0.05, 0.1) is 3.57 Å². The van der Waals surface area contributed by atoms with Crippen LogP contribution >= 0.6 is 22.6 Å². The number of phenolic OH excluding ortho intramolecular Hbond substituents is 1. The Labute approximate surface area is 113 Å². The third-order valence-corrected chi connectivity index (χ3v) is 3.16. The molecule has 5 heteroatoms. The van der Waals surface area contributed by atoms with Crippen molar-refractivity contribution in [2.45, 2.75) is 20.3 Å². The Balaban J connectivity index is 2.27. The zero-order chi connectivity index (χ0) is 12.4. The van der Waals surface area contributed by atoms with Gasteiger partial charge >= 0.3 is 0 Å². The van der Waals surface area contributed by atoms with Crippen molar-refractivity contribution in [1.82, 2.24) is 10.1 Å². The topological polar surface area (TPSA) is 59.2 Å². The highest BCUT2D eigenvalue weighted by atomic mass is 127. The molecule has 4 nitrogen and oxygen atoms in total. The van der Waals surface area contributed by atoms with E-state index in [2.05, 4.69) is 46.6 Å². The van der Waals surface area contributed by atoms with Crippen molar-refractivity contribution in [3.8, 4) is 17.2 Å². The summed E-state index contributed by atoms with van der Waals surface area (Å²) < 4.78 is 5.97. The number of aromatic nitrogens is 2. The van der Waals surface area contributed by atoms with Gasteiger partial charge in [-0.2, -0.15) is 4.98 Å². The summed E-state index contributed by atoms with van der Waals surface area (Å²) in [5.41, 5.74) is 0.741. The molecule has 0 fully saturated rings. The molecule has 0 spiro atoms. The van der Waals surface area contributed by atoms with Gasteiger partial charge in [-0.1, -0.05) is 19.0 Å². The lowest BCUT2D eigenvalue weighted by atomic mass is 10.1. The lowest BCUT2D eigenvalue weighted by Crippen LogP contribution is -1.95. The molecule has 0 saturated heterocycles. The standard InChI is InChI=1S/C12H13IN2O2/c1-7(2)5-11-14-12(17-15-11)8-3-4-9(13)10(16)6-8/h3-4,6-7,16H,5H2,1-2H3. The maximum Gasteiger partial charge on any atom is 0.258 e. The van der Waals surface area contributed by atoms with Crippen LogP contribution in [0.5, 0.6) is 5.75 Å². The molecule has 0 atom stereocenters. The monoisotopic (exact) mass is 344 g/mol. The molecule has 0 radical (unpaired) electrons. The molecule has 2 rings (SSSR count). The first kappa shape index (κ1) is 12.3. The molecule has 0 aliphatic rings. The second-order valence-electron chi connectivity index (χ2n) is 4.28. The van der Waals surface area contributed by atoms with E-state index in [0.29, 0.717) is 17.6 Å². The van der Waals surface area contributed by atoms with Crippen LogP contribution in [0.4, 0.5) is 0 Å². The molecule has 2 aromatic rings. The highest BCUT2D eigenvalue weighted by Crippen LogP contribution is 2.26. The lowest BCUT2D eigenvalue weighted by Gasteiger charge is -1.98. The van der Waals surface area contributed by atoms with Crippen molar-refractivity contribution in [1.29, 1.82) is 0 Å². The number of hydrogen-bond acceptors (Lipinski definition) is 4. The summed E-state index contributed by atoms with van der Waals surface area (Å²) in [6.45, 7) is 4.21. The Morgan fingerprint density at radius 1 is 1.41 bits per heavy atom. The Morgan fingerprint density at radius 3 is 2.82 bits per heavy atom. The Morgan fingerprint density at radius 2 is 2.18 bits per heavy atom. The Kier molecular flexibility index (Phi) is 3.66. The van der Waals surface area contributed by atoms with Gasteiger partial charge in [0.2, 0.25) is 0 Å². The van der Waals surface area contributed by atoms with E-state index in [1.165, 1.54) is 0 Å². The average Bonchev–Trinajstić information content (AvgIpc) is 2.69. The van der Waals surface area contributed by atoms with E-state index < -0.39 is 0 Å². The molecule has 0 amide bonds. The van der Waals surface area contributed by atoms with Gasteiger partial charge in [0.1, 0.15) is 5.75 Å². The maximum absolute atomic E-state index is 9.62. The maximum atomic E-state index is 9.62. The minimum absolute atomic E-state index is 0.228. The van der Waals surface area contributed by atoms with Crippen LogP contribution in [0, 0.1) is 9.49 Å². The zero-order valence-electron chi connectivity index (χ0n) is 9.64. The zero-order valence-corrected chi connectivity index (χ0v) is 11.8. The number of phenols is 1. The molecule has 0 bridgehead atoms. The van der Waals surface area contributed by atoms with Gasteiger partial charge in [-0.05, 0) is 46.7 Å². The first-order chi connectivity index (χ1) is 8.06. The fourth-order valence-electron chi connectivity index (χ4n) is 1.46. The summed E-state index contributed by atoms with van der Waals surface area (Å²) in [5.74, 6) is 1.87. The van der Waals surface area contributed by atoms with Crippen molar-refractivity contribution < 1.29 is 9.63 Å². The molecule has 1 heterocycles. The summed E-state index contributed by atoms with van der Waals surface area (Å²) in [5, 5.41) is 13.5. The van der Waals surface area contributed by atoms with Gasteiger partial charge in [0.25, 0.3) is 5.89 Å². The normalized spacial score (nSPS) is 11.1. The lowest BCUT2D eigenvalue weighted by molar-refractivity contribution is 0.417. The van der Waals surface area contributed by atoms with Crippen LogP contribution in [0.3, 0.4) is 0 Å². The molecule has 1 N–H and O–H groups in total. The van der Waals surface area contributed by atoms with Crippen LogP contribution in [0.2, 0.25) is 0 Å². The van der Waals surface area contributed by atoms with E-state index in [4.69, 9.17) is 4.52 Å². The quantitative estimate of drug-likeness (QED) is 0.869. The number of halogens is 1. The summed E-state index contributed by atoms with van der Waals surface area (Å²) in [7, 11) is 0. The van der Waals surface area contributed by atoms with Gasteiger partial charge in [-0.25, -0.2) is 0 Å². The van der Waals surface area contributed by atoms with Crippen molar-refractivity contribution in [3.63, 3.8) is 0 Å². The Bertz CT molecular complexity index is 523. The molecular formula is C12H13IN2O2. The van der Waals surface area contributed by atoms with Crippen molar-refractivity contribution in [3.05, 3.63) is 27.6 Å². The third-order valence-electron chi connectivity index (χ3n) is 2.25. The first-order valence-electron chi connectivity index (χ1n) is 5.37. The molecule has 1 aromatic heterocycles. The number of rotatable bonds is 3. The fraction of sp³-hybridized carbons (Fsp3) is 0.333.